The number of hydrogen-bond donors (Lipinski definition) is 0. The fraction of sp³-hybridized carbons (Fsp3) is 0.182. The summed E-state index contributed by atoms with van der Waals surface area (Å²) in [5.41, 5.74) is -0.491. The first-order valence-electron chi connectivity index (χ1n) is 9.55. The molecule has 0 N–H and O–H groups in total. The van der Waals surface area contributed by atoms with Crippen molar-refractivity contribution in [3.05, 3.63) is 64.6 Å². The smallest absolute Gasteiger partial charge is 0.416 e. The molecule has 0 spiro atoms. The number of thioether (sulfide) groups is 1. The van der Waals surface area contributed by atoms with Crippen molar-refractivity contribution in [3.63, 3.8) is 0 Å². The lowest BCUT2D eigenvalue weighted by atomic mass is 10.1. The molecule has 2 heterocycles. The molecular weight excluding hydrogens is 477 g/mol. The number of benzene rings is 2. The van der Waals surface area contributed by atoms with Crippen LogP contribution in [0.25, 0.3) is 6.08 Å². The van der Waals surface area contributed by atoms with Gasteiger partial charge in [0.15, 0.2) is 0 Å². The highest BCUT2D eigenvalue weighted by atomic mass is 32.2. The van der Waals surface area contributed by atoms with Crippen molar-refractivity contribution in [1.82, 2.24) is 4.90 Å². The summed E-state index contributed by atoms with van der Waals surface area (Å²) in [6.07, 6.45) is -3.41. The van der Waals surface area contributed by atoms with E-state index in [0.29, 0.717) is 16.2 Å². The molecule has 0 bridgehead atoms. The highest BCUT2D eigenvalue weighted by Gasteiger charge is 2.49. The Hall–Kier alpha value is -3.18. The molecule has 2 aliphatic heterocycles. The number of alkyl halides is 3. The average Bonchev–Trinajstić information content (AvgIpc) is 3.21. The third-order valence-electron chi connectivity index (χ3n) is 5.10. The van der Waals surface area contributed by atoms with Crippen molar-refractivity contribution in [2.75, 3.05) is 12.0 Å². The summed E-state index contributed by atoms with van der Waals surface area (Å²) in [5.74, 6) is -1.42. The Morgan fingerprint density at radius 1 is 1.12 bits per heavy atom. The fourth-order valence-corrected chi connectivity index (χ4v) is 4.87. The van der Waals surface area contributed by atoms with E-state index in [1.807, 2.05) is 0 Å². The van der Waals surface area contributed by atoms with E-state index in [2.05, 4.69) is 0 Å². The normalized spacial score (nSPS) is 20.4. The third kappa shape index (κ3) is 4.38. The molecule has 0 radical (unpaired) electrons. The number of hydrogen-bond acceptors (Lipinski definition) is 6. The van der Waals surface area contributed by atoms with Gasteiger partial charge in [0.2, 0.25) is 5.91 Å². The molecule has 6 nitrogen and oxygen atoms in total. The number of methoxy groups -OCH3 is 1. The average molecular weight is 493 g/mol. The SMILES string of the molecule is COc1ccc(/C=C2/SC(=S)N([C@H]3CC(=O)N(c4cccc(C(F)(F)F)c4)C3=O)C2=O)cc1. The Morgan fingerprint density at radius 2 is 1.82 bits per heavy atom. The molecule has 4 rings (SSSR count). The molecule has 33 heavy (non-hydrogen) atoms. The van der Waals surface area contributed by atoms with Gasteiger partial charge in [0.25, 0.3) is 11.8 Å². The molecular formula is C22H15F3N2O4S2. The van der Waals surface area contributed by atoms with Crippen LogP contribution in [0.15, 0.2) is 53.4 Å². The summed E-state index contributed by atoms with van der Waals surface area (Å²) in [6, 6.07) is 9.63. The van der Waals surface area contributed by atoms with Crippen LogP contribution in [-0.2, 0) is 20.6 Å². The lowest BCUT2D eigenvalue weighted by molar-refractivity contribution is -0.137. The number of ether oxygens (including phenoxy) is 1. The number of anilines is 1. The number of imide groups is 1. The zero-order chi connectivity index (χ0) is 23.9. The highest BCUT2D eigenvalue weighted by molar-refractivity contribution is 8.26. The molecule has 2 aliphatic rings. The van der Waals surface area contributed by atoms with E-state index in [1.54, 1.807) is 30.3 Å². The van der Waals surface area contributed by atoms with Crippen molar-refractivity contribution in [2.24, 2.45) is 0 Å². The number of rotatable bonds is 4. The summed E-state index contributed by atoms with van der Waals surface area (Å²) in [4.78, 5) is 40.6. The second kappa shape index (κ2) is 8.64. The third-order valence-corrected chi connectivity index (χ3v) is 6.43. The molecule has 170 valence electrons. The maximum Gasteiger partial charge on any atom is 0.416 e. The van der Waals surface area contributed by atoms with Gasteiger partial charge in [-0.2, -0.15) is 13.2 Å². The van der Waals surface area contributed by atoms with E-state index >= 15 is 0 Å². The van der Waals surface area contributed by atoms with Crippen LogP contribution < -0.4 is 9.64 Å². The summed E-state index contributed by atoms with van der Waals surface area (Å²) in [6.45, 7) is 0. The molecule has 0 aromatic heterocycles. The van der Waals surface area contributed by atoms with Gasteiger partial charge in [-0.3, -0.25) is 19.3 Å². The maximum absolute atomic E-state index is 13.1. The van der Waals surface area contributed by atoms with E-state index in [4.69, 9.17) is 17.0 Å². The van der Waals surface area contributed by atoms with Gasteiger partial charge in [0.05, 0.1) is 29.7 Å². The summed E-state index contributed by atoms with van der Waals surface area (Å²) >= 11 is 6.27. The highest BCUT2D eigenvalue weighted by Crippen LogP contribution is 2.38. The van der Waals surface area contributed by atoms with E-state index < -0.39 is 35.5 Å². The zero-order valence-electron chi connectivity index (χ0n) is 17.0. The van der Waals surface area contributed by atoms with Gasteiger partial charge in [0.1, 0.15) is 16.1 Å². The minimum atomic E-state index is -4.63. The van der Waals surface area contributed by atoms with Crippen molar-refractivity contribution < 1.29 is 32.3 Å². The standard InChI is InChI=1S/C22H15F3N2O4S2/c1-31-15-7-5-12(6-8-15)9-17-20(30)27(21(32)33-17)16-11-18(28)26(19(16)29)14-4-2-3-13(10-14)22(23,24)25/h2-10,16H,11H2,1H3/b17-9+/t16-/m0/s1. The number of halogens is 3. The Morgan fingerprint density at radius 3 is 2.45 bits per heavy atom. The van der Waals surface area contributed by atoms with Crippen LogP contribution in [0.1, 0.15) is 17.5 Å². The fourth-order valence-electron chi connectivity index (χ4n) is 3.51. The van der Waals surface area contributed by atoms with E-state index in [0.717, 1.165) is 34.9 Å². The number of carbonyl (C=O) groups is 3. The minimum absolute atomic E-state index is 0.0943. The van der Waals surface area contributed by atoms with Gasteiger partial charge < -0.3 is 4.74 Å². The van der Waals surface area contributed by atoms with E-state index in [-0.39, 0.29) is 21.3 Å². The van der Waals surface area contributed by atoms with Crippen LogP contribution in [0.3, 0.4) is 0 Å². The molecule has 3 amide bonds. The molecule has 0 aliphatic carbocycles. The number of carbonyl (C=O) groups excluding carboxylic acids is 3. The van der Waals surface area contributed by atoms with E-state index in [1.165, 1.54) is 13.2 Å². The second-order valence-electron chi connectivity index (χ2n) is 7.16. The van der Waals surface area contributed by atoms with Gasteiger partial charge in [-0.25, -0.2) is 4.90 Å². The molecule has 2 fully saturated rings. The van der Waals surface area contributed by atoms with Crippen LogP contribution in [-0.4, -0.2) is 40.1 Å². The van der Waals surface area contributed by atoms with Gasteiger partial charge in [-0.05, 0) is 42.0 Å². The first-order valence-corrected chi connectivity index (χ1v) is 10.8. The molecule has 0 saturated carbocycles. The topological polar surface area (TPSA) is 66.9 Å². The minimum Gasteiger partial charge on any atom is -0.497 e. The lowest BCUT2D eigenvalue weighted by Gasteiger charge is -2.21. The Bertz CT molecular complexity index is 1190. The summed E-state index contributed by atoms with van der Waals surface area (Å²) in [5, 5.41) is 0. The number of thiocarbonyl (C=S) groups is 1. The summed E-state index contributed by atoms with van der Waals surface area (Å²) in [7, 11) is 1.53. The van der Waals surface area contributed by atoms with Crippen molar-refractivity contribution in [3.8, 4) is 5.75 Å². The predicted molar refractivity (Wildman–Crippen MR) is 120 cm³/mol. The summed E-state index contributed by atoms with van der Waals surface area (Å²) < 4.78 is 44.4. The largest absolute Gasteiger partial charge is 0.497 e. The second-order valence-corrected chi connectivity index (χ2v) is 8.84. The first-order chi connectivity index (χ1) is 15.6. The van der Waals surface area contributed by atoms with Crippen LogP contribution in [0.4, 0.5) is 18.9 Å². The Balaban J connectivity index is 1.59. The molecule has 1 atom stereocenters. The van der Waals surface area contributed by atoms with Gasteiger partial charge >= 0.3 is 6.18 Å². The maximum atomic E-state index is 13.1. The van der Waals surface area contributed by atoms with Gasteiger partial charge in [-0.15, -0.1) is 0 Å². The molecule has 2 saturated heterocycles. The van der Waals surface area contributed by atoms with Crippen LogP contribution in [0.5, 0.6) is 5.75 Å². The predicted octanol–water partition coefficient (Wildman–Crippen LogP) is 4.25. The molecule has 2 aromatic carbocycles. The quantitative estimate of drug-likeness (QED) is 0.361. The molecule has 0 unspecified atom stereocenters. The Kier molecular flexibility index (Phi) is 6.02. The van der Waals surface area contributed by atoms with E-state index in [9.17, 15) is 27.6 Å². The van der Waals surface area contributed by atoms with Gasteiger partial charge in [0, 0.05) is 0 Å². The van der Waals surface area contributed by atoms with Crippen LogP contribution in [0.2, 0.25) is 0 Å². The molecule has 2 aromatic rings. The van der Waals surface area contributed by atoms with Crippen molar-refractivity contribution in [1.29, 1.82) is 0 Å². The monoisotopic (exact) mass is 492 g/mol. The van der Waals surface area contributed by atoms with Crippen LogP contribution >= 0.6 is 24.0 Å². The number of nitrogens with zero attached hydrogens (tertiary/aromatic N) is 2. The first kappa shape index (κ1) is 23.0. The van der Waals surface area contributed by atoms with Crippen molar-refractivity contribution in [2.45, 2.75) is 18.6 Å². The number of amides is 3. The molecule has 11 heteroatoms. The lowest BCUT2D eigenvalue weighted by Crippen LogP contribution is -2.44. The van der Waals surface area contributed by atoms with Crippen LogP contribution in [0, 0.1) is 0 Å². The Labute approximate surface area is 196 Å². The zero-order valence-corrected chi connectivity index (χ0v) is 18.6. The van der Waals surface area contributed by atoms with Gasteiger partial charge in [-0.1, -0.05) is 42.2 Å². The van der Waals surface area contributed by atoms with Crippen molar-refractivity contribution >= 4 is 57.8 Å².